The van der Waals surface area contributed by atoms with Crippen molar-refractivity contribution in [2.24, 2.45) is 0 Å². The van der Waals surface area contributed by atoms with E-state index in [9.17, 15) is 10.3 Å². The molecule has 0 aliphatic carbocycles. The SMILES string of the molecule is COc1ccc(N(O)c2cc(C)nc(Nc3ccc(C)nc3)n2)c(OC)c1.Cc1cccc(C)c1O.[HH]. The van der Waals surface area contributed by atoms with Crippen LogP contribution in [0.3, 0.4) is 0 Å². The highest BCUT2D eigenvalue weighted by molar-refractivity contribution is 5.67. The Bertz CT molecular complexity index is 1300. The molecule has 36 heavy (non-hydrogen) atoms. The van der Waals surface area contributed by atoms with Crippen molar-refractivity contribution in [1.29, 1.82) is 0 Å². The number of benzene rings is 2. The number of hydrogen-bond donors (Lipinski definition) is 3. The largest absolute Gasteiger partial charge is 0.507 e. The first kappa shape index (κ1) is 26.2. The predicted molar refractivity (Wildman–Crippen MR) is 142 cm³/mol. The van der Waals surface area contributed by atoms with Crippen molar-refractivity contribution >= 4 is 23.1 Å². The molecule has 0 aliphatic heterocycles. The molecule has 0 fully saturated rings. The smallest absolute Gasteiger partial charge is 0.229 e. The summed E-state index contributed by atoms with van der Waals surface area (Å²) in [5.74, 6) is 2.13. The van der Waals surface area contributed by atoms with E-state index in [1.165, 1.54) is 7.11 Å². The van der Waals surface area contributed by atoms with E-state index in [-0.39, 0.29) is 1.43 Å². The van der Waals surface area contributed by atoms with Crippen LogP contribution in [0.1, 0.15) is 23.9 Å². The number of para-hydroxylation sites is 1. The Kier molecular flexibility index (Phi) is 8.64. The molecule has 9 nitrogen and oxygen atoms in total. The molecule has 0 aliphatic rings. The van der Waals surface area contributed by atoms with Gasteiger partial charge in [-0.1, -0.05) is 18.2 Å². The summed E-state index contributed by atoms with van der Waals surface area (Å²) in [7, 11) is 3.09. The fraction of sp³-hybridized carbons (Fsp3) is 0.222. The van der Waals surface area contributed by atoms with E-state index in [0.717, 1.165) is 27.6 Å². The number of hydrogen-bond acceptors (Lipinski definition) is 9. The molecule has 2 aromatic carbocycles. The van der Waals surface area contributed by atoms with Crippen molar-refractivity contribution in [2.45, 2.75) is 27.7 Å². The van der Waals surface area contributed by atoms with Gasteiger partial charge in [-0.2, -0.15) is 4.98 Å². The van der Waals surface area contributed by atoms with Crippen molar-refractivity contribution in [3.05, 3.63) is 83.3 Å². The Labute approximate surface area is 212 Å². The fourth-order valence-corrected chi connectivity index (χ4v) is 3.28. The molecule has 9 heteroatoms. The van der Waals surface area contributed by atoms with Gasteiger partial charge in [0.15, 0.2) is 5.82 Å². The van der Waals surface area contributed by atoms with Crippen LogP contribution in [0.2, 0.25) is 0 Å². The average molecular weight is 492 g/mol. The van der Waals surface area contributed by atoms with Crippen molar-refractivity contribution in [3.63, 3.8) is 0 Å². The van der Waals surface area contributed by atoms with Gasteiger partial charge in [0.05, 0.1) is 26.1 Å². The van der Waals surface area contributed by atoms with E-state index in [0.29, 0.717) is 40.4 Å². The molecule has 2 aromatic heterocycles. The molecule has 4 aromatic rings. The maximum Gasteiger partial charge on any atom is 0.229 e. The van der Waals surface area contributed by atoms with Crippen LogP contribution in [0.25, 0.3) is 0 Å². The number of nitrogens with one attached hydrogen (secondary N) is 1. The molecular formula is C27H33N5O4. The second-order valence-electron chi connectivity index (χ2n) is 8.09. The van der Waals surface area contributed by atoms with Gasteiger partial charge in [0, 0.05) is 24.9 Å². The number of aromatic nitrogens is 3. The van der Waals surface area contributed by atoms with E-state index in [1.54, 1.807) is 37.6 Å². The lowest BCUT2D eigenvalue weighted by atomic mass is 10.1. The van der Waals surface area contributed by atoms with Gasteiger partial charge in [-0.15, -0.1) is 0 Å². The molecule has 190 valence electrons. The fourth-order valence-electron chi connectivity index (χ4n) is 3.28. The molecule has 2 heterocycles. The molecule has 0 spiro atoms. The lowest BCUT2D eigenvalue weighted by molar-refractivity contribution is 0.291. The molecular weight excluding hydrogens is 458 g/mol. The molecule has 0 atom stereocenters. The second-order valence-corrected chi connectivity index (χ2v) is 8.09. The Morgan fingerprint density at radius 3 is 2.17 bits per heavy atom. The first-order valence-electron chi connectivity index (χ1n) is 11.2. The zero-order chi connectivity index (χ0) is 26.2. The molecule has 0 saturated heterocycles. The number of ether oxygens (including phenoxy) is 2. The van der Waals surface area contributed by atoms with Gasteiger partial charge in [-0.05, 0) is 63.1 Å². The van der Waals surface area contributed by atoms with Crippen molar-refractivity contribution in [3.8, 4) is 17.2 Å². The van der Waals surface area contributed by atoms with Crippen molar-refractivity contribution in [2.75, 3.05) is 24.6 Å². The minimum atomic E-state index is 0. The van der Waals surface area contributed by atoms with Gasteiger partial charge in [0.1, 0.15) is 22.9 Å². The first-order chi connectivity index (χ1) is 17.2. The van der Waals surface area contributed by atoms with Gasteiger partial charge in [-0.3, -0.25) is 10.2 Å². The van der Waals surface area contributed by atoms with Crippen LogP contribution in [-0.2, 0) is 0 Å². The second kappa shape index (κ2) is 11.9. The van der Waals surface area contributed by atoms with Crippen molar-refractivity contribution < 1.29 is 21.2 Å². The first-order valence-corrected chi connectivity index (χ1v) is 11.2. The topological polar surface area (TPSA) is 113 Å². The number of pyridine rings is 1. The highest BCUT2D eigenvalue weighted by Crippen LogP contribution is 2.35. The van der Waals surface area contributed by atoms with E-state index in [4.69, 9.17) is 9.47 Å². The number of rotatable bonds is 6. The molecule has 0 amide bonds. The predicted octanol–water partition coefficient (Wildman–Crippen LogP) is 6.03. The summed E-state index contributed by atoms with van der Waals surface area (Å²) >= 11 is 0. The summed E-state index contributed by atoms with van der Waals surface area (Å²) in [5.41, 5.74) is 4.67. The molecule has 0 radical (unpaired) electrons. The lowest BCUT2D eigenvalue weighted by Gasteiger charge is -2.20. The zero-order valence-electron chi connectivity index (χ0n) is 21.3. The Morgan fingerprint density at radius 2 is 1.58 bits per heavy atom. The molecule has 3 N–H and O–H groups in total. The van der Waals surface area contributed by atoms with Gasteiger partial charge in [0.2, 0.25) is 5.95 Å². The van der Waals surface area contributed by atoms with Crippen LogP contribution >= 0.6 is 0 Å². The third-order valence-electron chi connectivity index (χ3n) is 5.28. The number of aryl methyl sites for hydroxylation is 4. The standard InChI is InChI=1S/C19H21N5O3.C8H10O.H2/c1-12-5-6-14(11-20-12)22-19-21-13(2)9-18(23-19)24(25)16-8-7-15(26-3)10-17(16)27-4;1-6-4-3-5-7(2)8(6)9;/h5-11,25H,1-4H3,(H,21,22,23);3-5,9H,1-2H3;1H. The normalized spacial score (nSPS) is 10.2. The Balaban J connectivity index is 0.000000408. The number of anilines is 4. The summed E-state index contributed by atoms with van der Waals surface area (Å²) in [6.45, 7) is 7.52. The number of methoxy groups -OCH3 is 2. The van der Waals surface area contributed by atoms with Crippen LogP contribution in [0.4, 0.5) is 23.1 Å². The number of phenolic OH excluding ortho intramolecular Hbond substituents is 1. The van der Waals surface area contributed by atoms with Gasteiger partial charge < -0.3 is 19.9 Å². The number of nitrogens with zero attached hydrogens (tertiary/aromatic N) is 4. The van der Waals surface area contributed by atoms with Crippen LogP contribution < -0.4 is 19.9 Å². The maximum atomic E-state index is 10.7. The molecule has 4 rings (SSSR count). The van der Waals surface area contributed by atoms with Crippen LogP contribution in [0.15, 0.2) is 60.8 Å². The molecule has 0 unspecified atom stereocenters. The average Bonchev–Trinajstić information content (AvgIpc) is 2.87. The third kappa shape index (κ3) is 6.61. The van der Waals surface area contributed by atoms with E-state index >= 15 is 0 Å². The minimum absolute atomic E-state index is 0. The third-order valence-corrected chi connectivity index (χ3v) is 5.28. The minimum Gasteiger partial charge on any atom is -0.507 e. The van der Waals surface area contributed by atoms with Gasteiger partial charge in [-0.25, -0.2) is 10.0 Å². The Morgan fingerprint density at radius 1 is 0.861 bits per heavy atom. The van der Waals surface area contributed by atoms with Crippen LogP contribution in [0, 0.1) is 27.7 Å². The van der Waals surface area contributed by atoms with E-state index in [2.05, 4.69) is 20.3 Å². The van der Waals surface area contributed by atoms with Crippen LogP contribution in [-0.4, -0.2) is 39.5 Å². The highest BCUT2D eigenvalue weighted by atomic mass is 16.5. The molecule has 0 saturated carbocycles. The summed E-state index contributed by atoms with van der Waals surface area (Å²) in [6.07, 6.45) is 1.70. The summed E-state index contributed by atoms with van der Waals surface area (Å²) in [6, 6.07) is 16.3. The summed E-state index contributed by atoms with van der Waals surface area (Å²) in [4.78, 5) is 13.0. The van der Waals surface area contributed by atoms with Crippen molar-refractivity contribution in [1.82, 2.24) is 15.0 Å². The quantitative estimate of drug-likeness (QED) is 0.278. The highest BCUT2D eigenvalue weighted by Gasteiger charge is 2.16. The zero-order valence-corrected chi connectivity index (χ0v) is 21.3. The van der Waals surface area contributed by atoms with Crippen LogP contribution in [0.5, 0.6) is 17.2 Å². The van der Waals surface area contributed by atoms with Gasteiger partial charge in [0.25, 0.3) is 0 Å². The summed E-state index contributed by atoms with van der Waals surface area (Å²) < 4.78 is 10.5. The lowest BCUT2D eigenvalue weighted by Crippen LogP contribution is -2.15. The summed E-state index contributed by atoms with van der Waals surface area (Å²) in [5, 5.41) is 23.9. The van der Waals surface area contributed by atoms with E-state index in [1.807, 2.05) is 58.0 Å². The van der Waals surface area contributed by atoms with Gasteiger partial charge >= 0.3 is 0 Å². The van der Waals surface area contributed by atoms with E-state index < -0.39 is 0 Å². The monoisotopic (exact) mass is 491 g/mol. The molecule has 0 bridgehead atoms. The number of aromatic hydroxyl groups is 1. The Hall–Kier alpha value is -4.37. The maximum absolute atomic E-state index is 10.7. The number of phenols is 1.